The maximum atomic E-state index is 12.8. The molecule has 0 bridgehead atoms. The summed E-state index contributed by atoms with van der Waals surface area (Å²) in [6.45, 7) is 6.34. The number of nitrogens with one attached hydrogen (secondary N) is 2. The van der Waals surface area contributed by atoms with E-state index in [1.165, 1.54) is 0 Å². The van der Waals surface area contributed by atoms with Gasteiger partial charge in [0.1, 0.15) is 0 Å². The fourth-order valence-electron chi connectivity index (χ4n) is 3.25. The number of urea groups is 1. The van der Waals surface area contributed by atoms with E-state index in [0.29, 0.717) is 37.6 Å². The molecule has 1 aromatic carbocycles. The fraction of sp³-hybridized carbons (Fsp3) is 0.444. The molecule has 1 atom stereocenters. The topological polar surface area (TPSA) is 70.7 Å². The molecule has 6 heteroatoms. The lowest BCUT2D eigenvalue weighted by Gasteiger charge is -2.26. The van der Waals surface area contributed by atoms with Gasteiger partial charge in [0.15, 0.2) is 0 Å². The minimum Gasteiger partial charge on any atom is -0.382 e. The zero-order chi connectivity index (χ0) is 17.1. The summed E-state index contributed by atoms with van der Waals surface area (Å²) in [5.74, 6) is -0.0118. The van der Waals surface area contributed by atoms with Crippen LogP contribution in [-0.4, -0.2) is 43.1 Å². The van der Waals surface area contributed by atoms with Crippen LogP contribution >= 0.6 is 0 Å². The Balaban J connectivity index is 1.80. The molecule has 24 heavy (non-hydrogen) atoms. The Hall–Kier alpha value is -2.34. The molecule has 128 valence electrons. The van der Waals surface area contributed by atoms with Crippen LogP contribution in [0.15, 0.2) is 35.5 Å². The zero-order valence-corrected chi connectivity index (χ0v) is 14.1. The third-order valence-corrected chi connectivity index (χ3v) is 4.44. The average Bonchev–Trinajstić information content (AvgIpc) is 2.87. The number of carbonyl (C=O) groups excluding carboxylic acids is 2. The van der Waals surface area contributed by atoms with Gasteiger partial charge >= 0.3 is 6.03 Å². The molecular weight excluding hydrogens is 306 g/mol. The molecule has 2 heterocycles. The predicted molar refractivity (Wildman–Crippen MR) is 90.3 cm³/mol. The number of nitrogens with zero attached hydrogens (tertiary/aromatic N) is 1. The molecule has 6 nitrogen and oxygen atoms in total. The van der Waals surface area contributed by atoms with Gasteiger partial charge in [-0.1, -0.05) is 24.3 Å². The number of ether oxygens (including phenoxy) is 1. The van der Waals surface area contributed by atoms with E-state index in [2.05, 4.69) is 10.6 Å². The Morgan fingerprint density at radius 1 is 1.29 bits per heavy atom. The van der Waals surface area contributed by atoms with E-state index in [9.17, 15) is 9.59 Å². The van der Waals surface area contributed by atoms with Gasteiger partial charge in [0.05, 0.1) is 23.9 Å². The highest BCUT2D eigenvalue weighted by Gasteiger charge is 2.40. The molecule has 0 aromatic heterocycles. The number of amides is 3. The summed E-state index contributed by atoms with van der Waals surface area (Å²) < 4.78 is 5.34. The lowest BCUT2D eigenvalue weighted by atomic mass is 9.93. The zero-order valence-electron chi connectivity index (χ0n) is 14.1. The van der Waals surface area contributed by atoms with Crippen molar-refractivity contribution in [3.8, 4) is 0 Å². The number of benzene rings is 1. The predicted octanol–water partition coefficient (Wildman–Crippen LogP) is 1.87. The summed E-state index contributed by atoms with van der Waals surface area (Å²) in [7, 11) is 0. The third-order valence-electron chi connectivity index (χ3n) is 4.44. The van der Waals surface area contributed by atoms with E-state index < -0.39 is 0 Å². The third kappa shape index (κ3) is 3.14. The lowest BCUT2D eigenvalue weighted by Crippen LogP contribution is -2.44. The maximum absolute atomic E-state index is 12.8. The summed E-state index contributed by atoms with van der Waals surface area (Å²) in [5, 5.41) is 5.69. The summed E-state index contributed by atoms with van der Waals surface area (Å²) >= 11 is 0. The van der Waals surface area contributed by atoms with Gasteiger partial charge in [-0.15, -0.1) is 0 Å². The van der Waals surface area contributed by atoms with Gasteiger partial charge < -0.3 is 20.3 Å². The minimum absolute atomic E-state index is 0.0118. The van der Waals surface area contributed by atoms with Crippen molar-refractivity contribution in [3.63, 3.8) is 0 Å². The Morgan fingerprint density at radius 2 is 2.08 bits per heavy atom. The standard InChI is InChI=1S/C18H23N3O3/c1-3-24-10-6-9-21-11-14-15(17(21)22)16(20-18(23)19-14)13-8-5-4-7-12(13)2/h4-5,7-8,16H,3,6,9-11H2,1-2H3,(H2,19,20,23)/t16-/m0/s1. The second-order valence-corrected chi connectivity index (χ2v) is 6.06. The smallest absolute Gasteiger partial charge is 0.319 e. The first-order valence-electron chi connectivity index (χ1n) is 8.35. The highest BCUT2D eigenvalue weighted by Crippen LogP contribution is 2.33. The van der Waals surface area contributed by atoms with Crippen molar-refractivity contribution in [3.05, 3.63) is 46.7 Å². The Labute approximate surface area is 141 Å². The first-order valence-corrected chi connectivity index (χ1v) is 8.35. The summed E-state index contributed by atoms with van der Waals surface area (Å²) in [4.78, 5) is 26.6. The molecule has 3 rings (SSSR count). The van der Waals surface area contributed by atoms with Crippen LogP contribution in [0.1, 0.15) is 30.5 Å². The first-order chi connectivity index (χ1) is 11.6. The van der Waals surface area contributed by atoms with Gasteiger partial charge in [-0.05, 0) is 31.4 Å². The normalized spacial score (nSPS) is 20.1. The van der Waals surface area contributed by atoms with Crippen LogP contribution in [0.2, 0.25) is 0 Å². The van der Waals surface area contributed by atoms with Crippen LogP contribution in [0.3, 0.4) is 0 Å². The molecule has 1 aromatic rings. The summed E-state index contributed by atoms with van der Waals surface area (Å²) in [5.41, 5.74) is 3.39. The lowest BCUT2D eigenvalue weighted by molar-refractivity contribution is -0.126. The maximum Gasteiger partial charge on any atom is 0.319 e. The van der Waals surface area contributed by atoms with E-state index in [1.807, 2.05) is 38.1 Å². The van der Waals surface area contributed by atoms with Crippen molar-refractivity contribution < 1.29 is 14.3 Å². The van der Waals surface area contributed by atoms with Gasteiger partial charge in [0, 0.05) is 19.8 Å². The van der Waals surface area contributed by atoms with Crippen LogP contribution in [0.25, 0.3) is 0 Å². The number of carbonyl (C=O) groups is 2. The molecule has 2 N–H and O–H groups in total. The van der Waals surface area contributed by atoms with Gasteiger partial charge in [-0.25, -0.2) is 4.79 Å². The molecule has 0 saturated heterocycles. The first kappa shape index (κ1) is 16.5. The van der Waals surface area contributed by atoms with Crippen LogP contribution < -0.4 is 10.6 Å². The Kier molecular flexibility index (Phi) is 4.85. The fourth-order valence-corrected chi connectivity index (χ4v) is 3.25. The van der Waals surface area contributed by atoms with Crippen molar-refractivity contribution in [2.45, 2.75) is 26.3 Å². The molecule has 2 aliphatic rings. The van der Waals surface area contributed by atoms with Crippen LogP contribution in [-0.2, 0) is 9.53 Å². The van der Waals surface area contributed by atoms with Gasteiger partial charge in [0.2, 0.25) is 0 Å². The van der Waals surface area contributed by atoms with Gasteiger partial charge in [-0.2, -0.15) is 0 Å². The quantitative estimate of drug-likeness (QED) is 0.783. The van der Waals surface area contributed by atoms with E-state index in [0.717, 1.165) is 17.5 Å². The van der Waals surface area contributed by atoms with Gasteiger partial charge in [0.25, 0.3) is 5.91 Å². The SMILES string of the molecule is CCOCCCN1CC2=C(C1=O)[C@H](c1ccccc1C)NC(=O)N2. The van der Waals surface area contributed by atoms with Gasteiger partial charge in [-0.3, -0.25) is 4.79 Å². The molecule has 0 saturated carbocycles. The van der Waals surface area contributed by atoms with E-state index in [-0.39, 0.29) is 18.0 Å². The number of rotatable bonds is 6. The molecule has 0 aliphatic carbocycles. The highest BCUT2D eigenvalue weighted by molar-refractivity contribution is 6.01. The molecule has 0 spiro atoms. The highest BCUT2D eigenvalue weighted by atomic mass is 16.5. The molecule has 3 amide bonds. The molecule has 2 aliphatic heterocycles. The van der Waals surface area contributed by atoms with Crippen molar-refractivity contribution in [2.75, 3.05) is 26.3 Å². The van der Waals surface area contributed by atoms with E-state index >= 15 is 0 Å². The summed E-state index contributed by atoms with van der Waals surface area (Å²) in [6, 6.07) is 7.18. The second kappa shape index (κ2) is 7.05. The summed E-state index contributed by atoms with van der Waals surface area (Å²) in [6.07, 6.45) is 0.788. The van der Waals surface area contributed by atoms with E-state index in [4.69, 9.17) is 4.74 Å². The van der Waals surface area contributed by atoms with Crippen molar-refractivity contribution in [1.82, 2.24) is 15.5 Å². The number of hydrogen-bond donors (Lipinski definition) is 2. The molecule has 0 radical (unpaired) electrons. The Morgan fingerprint density at radius 3 is 2.83 bits per heavy atom. The molecule has 0 fully saturated rings. The molecule has 0 unspecified atom stereocenters. The van der Waals surface area contributed by atoms with Crippen LogP contribution in [0.4, 0.5) is 4.79 Å². The van der Waals surface area contributed by atoms with Crippen molar-refractivity contribution in [1.29, 1.82) is 0 Å². The molecular formula is C18H23N3O3. The number of aryl methyl sites for hydroxylation is 1. The minimum atomic E-state index is -0.389. The largest absolute Gasteiger partial charge is 0.382 e. The van der Waals surface area contributed by atoms with Crippen LogP contribution in [0, 0.1) is 6.92 Å². The second-order valence-electron chi connectivity index (χ2n) is 6.06. The van der Waals surface area contributed by atoms with Crippen LogP contribution in [0.5, 0.6) is 0 Å². The Bertz CT molecular complexity index is 684. The monoisotopic (exact) mass is 329 g/mol. The number of hydrogen-bond acceptors (Lipinski definition) is 3. The van der Waals surface area contributed by atoms with E-state index in [1.54, 1.807) is 4.90 Å². The van der Waals surface area contributed by atoms with Crippen molar-refractivity contribution in [2.24, 2.45) is 0 Å². The van der Waals surface area contributed by atoms with Crippen molar-refractivity contribution >= 4 is 11.9 Å². The average molecular weight is 329 g/mol.